The molecule has 0 aromatic carbocycles. The van der Waals surface area contributed by atoms with Gasteiger partial charge in [-0.2, -0.15) is 0 Å². The summed E-state index contributed by atoms with van der Waals surface area (Å²) in [5, 5.41) is 6.47. The van der Waals surface area contributed by atoms with Gasteiger partial charge < -0.3 is 10.6 Å². The number of carbonyl (C=O) groups excluding carboxylic acids is 1. The zero-order chi connectivity index (χ0) is 12.5. The summed E-state index contributed by atoms with van der Waals surface area (Å²) in [5.74, 6) is 1.29. The zero-order valence-electron chi connectivity index (χ0n) is 11.4. The van der Waals surface area contributed by atoms with Crippen LogP contribution in [0.25, 0.3) is 0 Å². The van der Waals surface area contributed by atoms with Gasteiger partial charge in [0, 0.05) is 12.5 Å². The molecule has 0 aromatic heterocycles. The van der Waals surface area contributed by atoms with E-state index in [-0.39, 0.29) is 11.8 Å². The number of hydrogen-bond donors (Lipinski definition) is 2. The fourth-order valence-electron chi connectivity index (χ4n) is 2.61. The van der Waals surface area contributed by atoms with Crippen LogP contribution in [0.5, 0.6) is 0 Å². The average molecular weight is 240 g/mol. The largest absolute Gasteiger partial charge is 0.356 e. The Bertz CT molecular complexity index is 206. The van der Waals surface area contributed by atoms with Crippen LogP contribution >= 0.6 is 0 Å². The van der Waals surface area contributed by atoms with Crippen LogP contribution in [0.4, 0.5) is 0 Å². The van der Waals surface area contributed by atoms with Crippen molar-refractivity contribution in [3.63, 3.8) is 0 Å². The minimum absolute atomic E-state index is 0.242. The molecule has 100 valence electrons. The first-order valence-corrected chi connectivity index (χ1v) is 7.26. The summed E-state index contributed by atoms with van der Waals surface area (Å²) in [6, 6.07) is 0. The van der Waals surface area contributed by atoms with E-state index in [9.17, 15) is 4.79 Å². The van der Waals surface area contributed by atoms with Crippen molar-refractivity contribution < 1.29 is 4.79 Å². The van der Waals surface area contributed by atoms with E-state index in [1.54, 1.807) is 0 Å². The van der Waals surface area contributed by atoms with Crippen molar-refractivity contribution in [3.05, 3.63) is 0 Å². The third-order valence-corrected chi connectivity index (χ3v) is 3.66. The molecule has 1 unspecified atom stereocenters. The highest BCUT2D eigenvalue weighted by atomic mass is 16.1. The van der Waals surface area contributed by atoms with E-state index in [1.807, 2.05) is 0 Å². The van der Waals surface area contributed by atoms with Gasteiger partial charge in [-0.05, 0) is 44.7 Å². The molecule has 0 spiro atoms. The molecule has 1 aliphatic rings. The fraction of sp³-hybridized carbons (Fsp3) is 0.929. The quantitative estimate of drug-likeness (QED) is 0.683. The number of hydrogen-bond acceptors (Lipinski definition) is 2. The Morgan fingerprint density at radius 2 is 2.06 bits per heavy atom. The van der Waals surface area contributed by atoms with Crippen LogP contribution in [0.3, 0.4) is 0 Å². The van der Waals surface area contributed by atoms with Gasteiger partial charge in [-0.25, -0.2) is 0 Å². The van der Waals surface area contributed by atoms with Crippen LogP contribution in [0.15, 0.2) is 0 Å². The molecule has 3 nitrogen and oxygen atoms in total. The highest BCUT2D eigenvalue weighted by molar-refractivity contribution is 5.78. The van der Waals surface area contributed by atoms with Crippen molar-refractivity contribution >= 4 is 5.91 Å². The first-order valence-electron chi connectivity index (χ1n) is 7.26. The molecule has 3 heteroatoms. The molecule has 0 bridgehead atoms. The summed E-state index contributed by atoms with van der Waals surface area (Å²) in [6.45, 7) is 7.44. The summed E-state index contributed by atoms with van der Waals surface area (Å²) in [5.41, 5.74) is 0. The van der Waals surface area contributed by atoms with Crippen molar-refractivity contribution in [2.45, 2.75) is 52.4 Å². The molecule has 0 aliphatic carbocycles. The third-order valence-electron chi connectivity index (χ3n) is 3.66. The minimum atomic E-state index is 0.242. The molecule has 2 N–H and O–H groups in total. The van der Waals surface area contributed by atoms with Crippen molar-refractivity contribution in [3.8, 4) is 0 Å². The van der Waals surface area contributed by atoms with Gasteiger partial charge in [0.25, 0.3) is 0 Å². The lowest BCUT2D eigenvalue weighted by Crippen LogP contribution is -2.32. The zero-order valence-corrected chi connectivity index (χ0v) is 11.4. The normalized spacial score (nSPS) is 19.8. The molecule has 1 fully saturated rings. The summed E-state index contributed by atoms with van der Waals surface area (Å²) >= 11 is 0. The standard InChI is InChI=1S/C14H28N2O/c1-3-5-13(6-4-2)14(17)16-10-8-12-7-9-15-11-12/h12-13,15H,3-11H2,1-2H3,(H,16,17). The second kappa shape index (κ2) is 8.51. The predicted octanol–water partition coefficient (Wildman–Crippen LogP) is 2.32. The van der Waals surface area contributed by atoms with Crippen LogP contribution in [-0.4, -0.2) is 25.5 Å². The van der Waals surface area contributed by atoms with Crippen molar-refractivity contribution in [2.24, 2.45) is 11.8 Å². The van der Waals surface area contributed by atoms with Gasteiger partial charge in [-0.1, -0.05) is 26.7 Å². The van der Waals surface area contributed by atoms with E-state index in [1.165, 1.54) is 6.42 Å². The fourth-order valence-corrected chi connectivity index (χ4v) is 2.61. The number of amides is 1. The van der Waals surface area contributed by atoms with Crippen molar-refractivity contribution in [2.75, 3.05) is 19.6 Å². The van der Waals surface area contributed by atoms with Gasteiger partial charge >= 0.3 is 0 Å². The Hall–Kier alpha value is -0.570. The molecule has 1 heterocycles. The Kier molecular flexibility index (Phi) is 7.25. The van der Waals surface area contributed by atoms with Crippen LogP contribution in [0.1, 0.15) is 52.4 Å². The second-order valence-corrected chi connectivity index (χ2v) is 5.21. The first-order chi connectivity index (χ1) is 8.27. The smallest absolute Gasteiger partial charge is 0.223 e. The molecule has 1 aliphatic heterocycles. The highest BCUT2D eigenvalue weighted by Crippen LogP contribution is 2.14. The van der Waals surface area contributed by atoms with Gasteiger partial charge in [-0.3, -0.25) is 4.79 Å². The van der Waals surface area contributed by atoms with Crippen molar-refractivity contribution in [1.82, 2.24) is 10.6 Å². The second-order valence-electron chi connectivity index (χ2n) is 5.21. The Labute approximate surface area is 106 Å². The van der Waals surface area contributed by atoms with Crippen LogP contribution in [0.2, 0.25) is 0 Å². The molecule has 1 rings (SSSR count). The summed E-state index contributed by atoms with van der Waals surface area (Å²) in [4.78, 5) is 12.0. The predicted molar refractivity (Wildman–Crippen MR) is 71.9 cm³/mol. The number of nitrogens with one attached hydrogen (secondary N) is 2. The molecular formula is C14H28N2O. The maximum absolute atomic E-state index is 12.0. The monoisotopic (exact) mass is 240 g/mol. The molecule has 0 aromatic rings. The van der Waals surface area contributed by atoms with Crippen LogP contribution in [-0.2, 0) is 4.79 Å². The molecule has 0 radical (unpaired) electrons. The van der Waals surface area contributed by atoms with E-state index < -0.39 is 0 Å². The SMILES string of the molecule is CCCC(CCC)C(=O)NCCC1CCNC1. The Balaban J connectivity index is 2.16. The summed E-state index contributed by atoms with van der Waals surface area (Å²) < 4.78 is 0. The summed E-state index contributed by atoms with van der Waals surface area (Å²) in [6.07, 6.45) is 6.66. The van der Waals surface area contributed by atoms with Gasteiger partial charge in [0.05, 0.1) is 0 Å². The molecule has 17 heavy (non-hydrogen) atoms. The average Bonchev–Trinajstić information content (AvgIpc) is 2.81. The topological polar surface area (TPSA) is 41.1 Å². The lowest BCUT2D eigenvalue weighted by atomic mass is 9.97. The van der Waals surface area contributed by atoms with E-state index in [0.717, 1.165) is 57.7 Å². The van der Waals surface area contributed by atoms with Crippen LogP contribution < -0.4 is 10.6 Å². The van der Waals surface area contributed by atoms with Gasteiger partial charge in [-0.15, -0.1) is 0 Å². The lowest BCUT2D eigenvalue weighted by molar-refractivity contribution is -0.125. The maximum Gasteiger partial charge on any atom is 0.223 e. The molecule has 1 amide bonds. The molecule has 1 atom stereocenters. The Morgan fingerprint density at radius 1 is 1.35 bits per heavy atom. The third kappa shape index (κ3) is 5.53. The molecule has 1 saturated heterocycles. The maximum atomic E-state index is 12.0. The first kappa shape index (κ1) is 14.5. The summed E-state index contributed by atoms with van der Waals surface area (Å²) in [7, 11) is 0. The highest BCUT2D eigenvalue weighted by Gasteiger charge is 2.17. The molecular weight excluding hydrogens is 212 g/mol. The number of carbonyl (C=O) groups is 1. The van der Waals surface area contributed by atoms with Crippen LogP contribution in [0, 0.1) is 11.8 Å². The van der Waals surface area contributed by atoms with Gasteiger partial charge in [0.1, 0.15) is 0 Å². The van der Waals surface area contributed by atoms with Gasteiger partial charge in [0.2, 0.25) is 5.91 Å². The minimum Gasteiger partial charge on any atom is -0.356 e. The van der Waals surface area contributed by atoms with Crippen molar-refractivity contribution in [1.29, 1.82) is 0 Å². The van der Waals surface area contributed by atoms with Gasteiger partial charge in [0.15, 0.2) is 0 Å². The lowest BCUT2D eigenvalue weighted by Gasteiger charge is -2.16. The molecule has 0 saturated carbocycles. The van der Waals surface area contributed by atoms with E-state index in [4.69, 9.17) is 0 Å². The van der Waals surface area contributed by atoms with E-state index >= 15 is 0 Å². The van der Waals surface area contributed by atoms with E-state index in [2.05, 4.69) is 24.5 Å². The Morgan fingerprint density at radius 3 is 2.59 bits per heavy atom. The number of rotatable bonds is 8. The van der Waals surface area contributed by atoms with E-state index in [0.29, 0.717) is 0 Å².